The van der Waals surface area contributed by atoms with Gasteiger partial charge < -0.3 is 15.4 Å². The van der Waals surface area contributed by atoms with Gasteiger partial charge in [0.2, 0.25) is 0 Å². The predicted molar refractivity (Wildman–Crippen MR) is 101 cm³/mol. The van der Waals surface area contributed by atoms with Crippen molar-refractivity contribution >= 4 is 11.8 Å². The Morgan fingerprint density at radius 3 is 2.48 bits per heavy atom. The monoisotopic (exact) mass is 365 g/mol. The second kappa shape index (κ2) is 7.12. The molecule has 6 nitrogen and oxygen atoms in total. The Morgan fingerprint density at radius 2 is 1.81 bits per heavy atom. The van der Waals surface area contributed by atoms with Crippen LogP contribution in [0.3, 0.4) is 0 Å². The van der Waals surface area contributed by atoms with Crippen LogP contribution in [0.15, 0.2) is 36.4 Å². The van der Waals surface area contributed by atoms with Crippen molar-refractivity contribution in [2.75, 3.05) is 20.3 Å². The molecule has 2 fully saturated rings. The topological polar surface area (TPSA) is 80.3 Å². The van der Waals surface area contributed by atoms with Gasteiger partial charge in [0, 0.05) is 42.6 Å². The lowest BCUT2D eigenvalue weighted by atomic mass is 10.0. The minimum absolute atomic E-state index is 0.160. The molecule has 1 saturated heterocycles. The Bertz CT molecular complexity index is 869. The Balaban J connectivity index is 1.56. The summed E-state index contributed by atoms with van der Waals surface area (Å²) < 4.78 is 5.37. The third-order valence-electron chi connectivity index (χ3n) is 5.36. The summed E-state index contributed by atoms with van der Waals surface area (Å²) in [7, 11) is 1.56. The number of aryl methyl sites for hydroxylation is 1. The molecular weight excluding hydrogens is 342 g/mol. The molecule has 1 aliphatic heterocycles. The number of hydrogen-bond donors (Lipinski definition) is 2. The summed E-state index contributed by atoms with van der Waals surface area (Å²) in [6, 6.07) is 11.7. The highest BCUT2D eigenvalue weighted by molar-refractivity contribution is 5.98. The van der Waals surface area contributed by atoms with Crippen molar-refractivity contribution in [3.8, 4) is 0 Å². The number of carbonyl (C=O) groups excluding carboxylic acids is 2. The number of rotatable bonds is 5. The van der Waals surface area contributed by atoms with Crippen molar-refractivity contribution in [2.24, 2.45) is 11.8 Å². The van der Waals surface area contributed by atoms with Gasteiger partial charge >= 0.3 is 0 Å². The number of benzene rings is 1. The third kappa shape index (κ3) is 3.71. The van der Waals surface area contributed by atoms with Crippen LogP contribution in [0.25, 0.3) is 0 Å². The van der Waals surface area contributed by atoms with E-state index in [0.29, 0.717) is 42.7 Å². The van der Waals surface area contributed by atoms with E-state index in [1.54, 1.807) is 19.2 Å². The van der Waals surface area contributed by atoms with E-state index in [0.717, 1.165) is 5.56 Å². The zero-order valence-electron chi connectivity index (χ0n) is 15.5. The Kier molecular flexibility index (Phi) is 4.66. The smallest absolute Gasteiger partial charge is 0.269 e. The van der Waals surface area contributed by atoms with Crippen LogP contribution in [-0.4, -0.2) is 43.1 Å². The van der Waals surface area contributed by atoms with E-state index in [-0.39, 0.29) is 23.6 Å². The van der Waals surface area contributed by atoms with E-state index >= 15 is 0 Å². The van der Waals surface area contributed by atoms with Gasteiger partial charge in [-0.15, -0.1) is 0 Å². The number of fused-ring (bicyclic) bond motifs is 1. The van der Waals surface area contributed by atoms with Crippen LogP contribution < -0.4 is 10.6 Å². The molecule has 1 aromatic heterocycles. The van der Waals surface area contributed by atoms with Crippen LogP contribution in [0.1, 0.15) is 37.7 Å². The van der Waals surface area contributed by atoms with Gasteiger partial charge in [0.25, 0.3) is 11.8 Å². The van der Waals surface area contributed by atoms with Crippen LogP contribution in [0.4, 0.5) is 0 Å². The molecule has 2 heterocycles. The fourth-order valence-electron chi connectivity index (χ4n) is 3.66. The summed E-state index contributed by atoms with van der Waals surface area (Å²) in [6.07, 6.45) is 0.563. The second-order valence-corrected chi connectivity index (χ2v) is 7.34. The number of pyridine rings is 1. The molecule has 1 aliphatic carbocycles. The predicted octanol–water partition coefficient (Wildman–Crippen LogP) is 1.72. The number of aromatic nitrogens is 1. The fraction of sp³-hybridized carbons (Fsp3) is 0.381. The molecule has 2 unspecified atom stereocenters. The molecule has 0 spiro atoms. The van der Waals surface area contributed by atoms with Crippen molar-refractivity contribution < 1.29 is 14.3 Å². The standard InChI is InChI=1S/C21H23N3O3/c1-12-3-5-13(6-4-12)7-15-8-14(9-18(23-15)21(26)22-2)20(25)24-19-16-10-27-11-17(16)19/h3-6,8-9,16-17,19H,7,10-11H2,1-2H3,(H,22,26)(H,24,25). The van der Waals surface area contributed by atoms with Gasteiger partial charge in [0.15, 0.2) is 0 Å². The minimum Gasteiger partial charge on any atom is -0.381 e. The van der Waals surface area contributed by atoms with E-state index in [1.165, 1.54) is 5.56 Å². The van der Waals surface area contributed by atoms with Gasteiger partial charge in [-0.05, 0) is 24.6 Å². The van der Waals surface area contributed by atoms with Crippen LogP contribution in [0, 0.1) is 18.8 Å². The SMILES string of the molecule is CNC(=O)c1cc(C(=O)NC2C3COCC32)cc(Cc2ccc(C)cc2)n1. The van der Waals surface area contributed by atoms with Crippen molar-refractivity contribution in [2.45, 2.75) is 19.4 Å². The lowest BCUT2D eigenvalue weighted by Crippen LogP contribution is -2.30. The average molecular weight is 365 g/mol. The Hall–Kier alpha value is -2.73. The molecule has 2 N–H and O–H groups in total. The number of hydrogen-bond acceptors (Lipinski definition) is 4. The lowest BCUT2D eigenvalue weighted by Gasteiger charge is -2.11. The summed E-state index contributed by atoms with van der Waals surface area (Å²) in [5.74, 6) is 0.404. The van der Waals surface area contributed by atoms with Crippen molar-refractivity contribution in [3.63, 3.8) is 0 Å². The van der Waals surface area contributed by atoms with Gasteiger partial charge in [-0.1, -0.05) is 29.8 Å². The van der Waals surface area contributed by atoms with E-state index in [4.69, 9.17) is 4.74 Å². The summed E-state index contributed by atoms with van der Waals surface area (Å²) in [4.78, 5) is 29.3. The first-order chi connectivity index (χ1) is 13.0. The van der Waals surface area contributed by atoms with Gasteiger partial charge in [-0.3, -0.25) is 9.59 Å². The summed E-state index contributed by atoms with van der Waals surface area (Å²) >= 11 is 0. The highest BCUT2D eigenvalue weighted by Gasteiger charge is 2.54. The molecule has 27 heavy (non-hydrogen) atoms. The fourth-order valence-corrected chi connectivity index (χ4v) is 3.66. The third-order valence-corrected chi connectivity index (χ3v) is 5.36. The molecule has 2 aromatic rings. The zero-order valence-corrected chi connectivity index (χ0v) is 15.5. The summed E-state index contributed by atoms with van der Waals surface area (Å²) in [6.45, 7) is 3.47. The molecule has 4 rings (SSSR count). The summed E-state index contributed by atoms with van der Waals surface area (Å²) in [5.41, 5.74) is 3.69. The summed E-state index contributed by atoms with van der Waals surface area (Å²) in [5, 5.41) is 5.66. The van der Waals surface area contributed by atoms with Crippen LogP contribution in [0.5, 0.6) is 0 Å². The molecule has 140 valence electrons. The number of nitrogens with one attached hydrogen (secondary N) is 2. The van der Waals surface area contributed by atoms with E-state index < -0.39 is 0 Å². The van der Waals surface area contributed by atoms with Gasteiger partial charge in [0.05, 0.1) is 13.2 Å². The molecule has 2 aliphatic rings. The first kappa shape index (κ1) is 17.7. The molecule has 1 aromatic carbocycles. The van der Waals surface area contributed by atoms with Crippen LogP contribution in [-0.2, 0) is 11.2 Å². The maximum atomic E-state index is 12.7. The maximum absolute atomic E-state index is 12.7. The van der Waals surface area contributed by atoms with Crippen molar-refractivity contribution in [3.05, 3.63) is 64.5 Å². The number of nitrogens with zero attached hydrogens (tertiary/aromatic N) is 1. The normalized spacial score (nSPS) is 22.8. The first-order valence-electron chi connectivity index (χ1n) is 9.22. The highest BCUT2D eigenvalue weighted by Crippen LogP contribution is 2.44. The van der Waals surface area contributed by atoms with Crippen molar-refractivity contribution in [1.82, 2.24) is 15.6 Å². The molecule has 2 atom stereocenters. The average Bonchev–Trinajstić information content (AvgIpc) is 3.09. The van der Waals surface area contributed by atoms with Gasteiger partial charge in [-0.25, -0.2) is 4.98 Å². The quantitative estimate of drug-likeness (QED) is 0.845. The van der Waals surface area contributed by atoms with E-state index in [9.17, 15) is 9.59 Å². The molecular formula is C21H23N3O3. The first-order valence-corrected chi connectivity index (χ1v) is 9.22. The Labute approximate surface area is 158 Å². The minimum atomic E-state index is -0.300. The molecule has 0 radical (unpaired) electrons. The van der Waals surface area contributed by atoms with E-state index in [1.807, 2.05) is 31.2 Å². The second-order valence-electron chi connectivity index (χ2n) is 7.34. The van der Waals surface area contributed by atoms with Gasteiger partial charge in [-0.2, -0.15) is 0 Å². The molecule has 6 heteroatoms. The highest BCUT2D eigenvalue weighted by atomic mass is 16.5. The molecule has 0 bridgehead atoms. The van der Waals surface area contributed by atoms with Crippen LogP contribution >= 0.6 is 0 Å². The van der Waals surface area contributed by atoms with Crippen LogP contribution in [0.2, 0.25) is 0 Å². The number of ether oxygens (including phenoxy) is 1. The Morgan fingerprint density at radius 1 is 1.11 bits per heavy atom. The number of amides is 2. The lowest BCUT2D eigenvalue weighted by molar-refractivity contribution is 0.0928. The zero-order chi connectivity index (χ0) is 19.0. The molecule has 2 amide bonds. The largest absolute Gasteiger partial charge is 0.381 e. The van der Waals surface area contributed by atoms with E-state index in [2.05, 4.69) is 15.6 Å². The molecule has 1 saturated carbocycles. The van der Waals surface area contributed by atoms with Crippen molar-refractivity contribution in [1.29, 1.82) is 0 Å². The maximum Gasteiger partial charge on any atom is 0.269 e. The number of carbonyl (C=O) groups is 2. The van der Waals surface area contributed by atoms with Gasteiger partial charge in [0.1, 0.15) is 5.69 Å².